The highest BCUT2D eigenvalue weighted by Gasteiger charge is 2.35. The second kappa shape index (κ2) is 12.0. The smallest absolute Gasteiger partial charge is 0.419 e. The summed E-state index contributed by atoms with van der Waals surface area (Å²) in [5.41, 5.74) is 1.57. The van der Waals surface area contributed by atoms with Gasteiger partial charge in [0.1, 0.15) is 5.82 Å². The van der Waals surface area contributed by atoms with Crippen molar-refractivity contribution in [3.05, 3.63) is 110 Å². The van der Waals surface area contributed by atoms with Gasteiger partial charge in [-0.05, 0) is 53.6 Å². The van der Waals surface area contributed by atoms with E-state index in [1.165, 1.54) is 10.7 Å². The minimum atomic E-state index is -4.88. The van der Waals surface area contributed by atoms with Crippen LogP contribution in [0.15, 0.2) is 65.5 Å². The van der Waals surface area contributed by atoms with Gasteiger partial charge in [0.25, 0.3) is 11.5 Å². The molecule has 0 radical (unpaired) electrons. The van der Waals surface area contributed by atoms with E-state index >= 15 is 0 Å². The molecule has 1 amide bonds. The molecule has 1 N–H and O–H groups in total. The monoisotopic (exact) mass is 598 g/mol. The van der Waals surface area contributed by atoms with Crippen molar-refractivity contribution in [2.75, 3.05) is 20.8 Å². The number of ether oxygens (including phenoxy) is 2. The van der Waals surface area contributed by atoms with Crippen LogP contribution in [0, 0.1) is 5.82 Å². The Bertz CT molecular complexity index is 1710. The lowest BCUT2D eigenvalue weighted by Crippen LogP contribution is -2.32. The summed E-state index contributed by atoms with van der Waals surface area (Å²) in [6, 6.07) is 15.1. The molecule has 0 bridgehead atoms. The molecule has 0 aliphatic carbocycles. The summed E-state index contributed by atoms with van der Waals surface area (Å²) in [5.74, 6) is -0.452. The van der Waals surface area contributed by atoms with Crippen LogP contribution in [0.1, 0.15) is 38.3 Å². The number of fused-ring (bicyclic) bond motifs is 1. The second-order valence-electron chi connectivity index (χ2n) is 10.3. The van der Waals surface area contributed by atoms with E-state index in [1.54, 1.807) is 45.5 Å². The SMILES string of the molecule is COc1ccc(CNC(=O)c2ccc(CN3CCc4c(c(=O)n(-c5ccc(F)c(C(F)(F)F)c5)n4C)C3)cc2)cc1OC. The number of carbonyl (C=O) groups is 1. The predicted octanol–water partition coefficient (Wildman–Crippen LogP) is 4.84. The second-order valence-corrected chi connectivity index (χ2v) is 10.3. The third-order valence-corrected chi connectivity index (χ3v) is 7.56. The number of methoxy groups -OCH3 is 2. The Morgan fingerprint density at radius 2 is 1.65 bits per heavy atom. The third kappa shape index (κ3) is 6.14. The van der Waals surface area contributed by atoms with Crippen molar-refractivity contribution in [1.82, 2.24) is 19.6 Å². The molecule has 0 atom stereocenters. The molecular weight excluding hydrogens is 568 g/mol. The van der Waals surface area contributed by atoms with Gasteiger partial charge in [-0.3, -0.25) is 19.2 Å². The molecule has 0 unspecified atom stereocenters. The Kier molecular flexibility index (Phi) is 8.32. The first kappa shape index (κ1) is 29.9. The van der Waals surface area contributed by atoms with Crippen LogP contribution < -0.4 is 20.3 Å². The lowest BCUT2D eigenvalue weighted by Gasteiger charge is -2.26. The number of amides is 1. The van der Waals surface area contributed by atoms with Gasteiger partial charge in [-0.25, -0.2) is 9.07 Å². The van der Waals surface area contributed by atoms with Gasteiger partial charge < -0.3 is 14.8 Å². The summed E-state index contributed by atoms with van der Waals surface area (Å²) >= 11 is 0. The van der Waals surface area contributed by atoms with Crippen LogP contribution >= 0.6 is 0 Å². The number of aromatic nitrogens is 2. The maximum Gasteiger partial charge on any atom is 0.419 e. The van der Waals surface area contributed by atoms with Gasteiger partial charge in [-0.1, -0.05) is 18.2 Å². The molecule has 12 heteroatoms. The van der Waals surface area contributed by atoms with Crippen molar-refractivity contribution in [1.29, 1.82) is 0 Å². The van der Waals surface area contributed by atoms with Crippen LogP contribution in [-0.2, 0) is 39.3 Å². The summed E-state index contributed by atoms with van der Waals surface area (Å²) in [4.78, 5) is 28.1. The largest absolute Gasteiger partial charge is 0.493 e. The standard InChI is InChI=1S/C31H30F4N4O4/c1-37-26-12-13-38(18-23(26)30(41)39(37)22-9-10-25(32)24(15-22)31(33,34)35)17-19-4-7-21(8-5-19)29(40)36-16-20-6-11-27(42-2)28(14-20)43-3/h4-11,14-15H,12-13,16-18H2,1-3H3,(H,36,40). The summed E-state index contributed by atoms with van der Waals surface area (Å²) in [7, 11) is 4.71. The third-order valence-electron chi connectivity index (χ3n) is 7.56. The molecule has 5 rings (SSSR count). The molecule has 0 spiro atoms. The number of hydrogen-bond acceptors (Lipinski definition) is 5. The summed E-state index contributed by atoms with van der Waals surface area (Å²) in [5, 5.41) is 2.89. The highest BCUT2D eigenvalue weighted by atomic mass is 19.4. The normalized spacial score (nSPS) is 13.5. The van der Waals surface area contributed by atoms with Gasteiger partial charge in [-0.2, -0.15) is 13.2 Å². The Hall–Kier alpha value is -4.58. The maximum absolute atomic E-state index is 13.8. The van der Waals surface area contributed by atoms with Crippen molar-refractivity contribution < 1.29 is 31.8 Å². The van der Waals surface area contributed by atoms with E-state index in [1.807, 2.05) is 18.2 Å². The van der Waals surface area contributed by atoms with Crippen molar-refractivity contribution in [2.24, 2.45) is 7.05 Å². The fourth-order valence-electron chi connectivity index (χ4n) is 5.32. The quantitative estimate of drug-likeness (QED) is 0.294. The molecule has 1 aromatic heterocycles. The van der Waals surface area contributed by atoms with E-state index in [9.17, 15) is 27.2 Å². The molecule has 0 saturated heterocycles. The predicted molar refractivity (Wildman–Crippen MR) is 151 cm³/mol. The van der Waals surface area contributed by atoms with E-state index in [-0.39, 0.29) is 11.6 Å². The average molecular weight is 599 g/mol. The molecule has 2 heterocycles. The van der Waals surface area contributed by atoms with Gasteiger partial charge >= 0.3 is 6.18 Å². The van der Waals surface area contributed by atoms with E-state index in [0.29, 0.717) is 61.3 Å². The molecule has 0 saturated carbocycles. The first-order chi connectivity index (χ1) is 20.5. The number of nitrogens with zero attached hydrogens (tertiary/aromatic N) is 3. The minimum absolute atomic E-state index is 0.0535. The Morgan fingerprint density at radius 1 is 0.953 bits per heavy atom. The van der Waals surface area contributed by atoms with Crippen molar-refractivity contribution in [3.8, 4) is 17.2 Å². The highest BCUT2D eigenvalue weighted by molar-refractivity contribution is 5.94. The zero-order valence-corrected chi connectivity index (χ0v) is 23.8. The molecule has 8 nitrogen and oxygen atoms in total. The van der Waals surface area contributed by atoms with Crippen LogP contribution in [-0.4, -0.2) is 40.9 Å². The van der Waals surface area contributed by atoms with Crippen LogP contribution in [0.4, 0.5) is 17.6 Å². The maximum atomic E-state index is 13.8. The van der Waals surface area contributed by atoms with Crippen LogP contribution in [0.3, 0.4) is 0 Å². The molecule has 43 heavy (non-hydrogen) atoms. The van der Waals surface area contributed by atoms with Crippen LogP contribution in [0.5, 0.6) is 11.5 Å². The van der Waals surface area contributed by atoms with Gasteiger partial charge in [0, 0.05) is 50.9 Å². The zero-order valence-electron chi connectivity index (χ0n) is 23.8. The highest BCUT2D eigenvalue weighted by Crippen LogP contribution is 2.33. The number of benzene rings is 3. The first-order valence-corrected chi connectivity index (χ1v) is 13.5. The lowest BCUT2D eigenvalue weighted by molar-refractivity contribution is -0.140. The van der Waals surface area contributed by atoms with Gasteiger partial charge in [0.15, 0.2) is 11.5 Å². The van der Waals surface area contributed by atoms with Crippen molar-refractivity contribution >= 4 is 5.91 Å². The van der Waals surface area contributed by atoms with Crippen molar-refractivity contribution in [2.45, 2.75) is 32.2 Å². The van der Waals surface area contributed by atoms with Crippen molar-refractivity contribution in [3.63, 3.8) is 0 Å². The summed E-state index contributed by atoms with van der Waals surface area (Å²) < 4.78 is 66.9. The molecule has 3 aromatic carbocycles. The van der Waals surface area contributed by atoms with Gasteiger partial charge in [-0.15, -0.1) is 0 Å². The molecule has 4 aromatic rings. The van der Waals surface area contributed by atoms with E-state index in [2.05, 4.69) is 10.2 Å². The zero-order chi connectivity index (χ0) is 30.9. The Balaban J connectivity index is 1.25. The fourth-order valence-corrected chi connectivity index (χ4v) is 5.32. The number of nitrogens with one attached hydrogen (secondary N) is 1. The summed E-state index contributed by atoms with van der Waals surface area (Å²) in [6.45, 7) is 1.74. The first-order valence-electron chi connectivity index (χ1n) is 13.5. The number of halogens is 4. The Morgan fingerprint density at radius 3 is 2.33 bits per heavy atom. The molecule has 1 aliphatic rings. The molecule has 1 aliphatic heterocycles. The number of hydrogen-bond donors (Lipinski definition) is 1. The minimum Gasteiger partial charge on any atom is -0.493 e. The summed E-state index contributed by atoms with van der Waals surface area (Å²) in [6.07, 6.45) is -4.37. The number of rotatable bonds is 8. The average Bonchev–Trinajstić information content (AvgIpc) is 3.24. The molecular formula is C31H30F4N4O4. The van der Waals surface area contributed by atoms with E-state index in [0.717, 1.165) is 27.6 Å². The molecule has 0 fully saturated rings. The topological polar surface area (TPSA) is 77.7 Å². The van der Waals surface area contributed by atoms with E-state index < -0.39 is 23.1 Å². The lowest BCUT2D eigenvalue weighted by atomic mass is 10.1. The van der Waals surface area contributed by atoms with Crippen LogP contribution in [0.25, 0.3) is 5.69 Å². The molecule has 226 valence electrons. The number of carbonyl (C=O) groups excluding carboxylic acids is 1. The fraction of sp³-hybridized carbons (Fsp3) is 0.290. The van der Waals surface area contributed by atoms with E-state index in [4.69, 9.17) is 9.47 Å². The van der Waals surface area contributed by atoms with Crippen LogP contribution in [0.2, 0.25) is 0 Å². The van der Waals surface area contributed by atoms with Gasteiger partial charge in [0.2, 0.25) is 0 Å². The Labute approximate surface area is 245 Å². The number of alkyl halides is 3. The van der Waals surface area contributed by atoms with Gasteiger partial charge in [0.05, 0.1) is 31.0 Å².